The summed E-state index contributed by atoms with van der Waals surface area (Å²) in [6, 6.07) is 3.59. The summed E-state index contributed by atoms with van der Waals surface area (Å²) in [7, 11) is 1.68. The van der Waals surface area contributed by atoms with Crippen molar-refractivity contribution in [3.63, 3.8) is 0 Å². The average Bonchev–Trinajstić information content (AvgIpc) is 2.59. The number of aromatic nitrogens is 1. The number of pyridine rings is 1. The Morgan fingerprint density at radius 1 is 1.36 bits per heavy atom. The summed E-state index contributed by atoms with van der Waals surface area (Å²) in [6.07, 6.45) is 3.41. The molecule has 2 amide bonds. The fourth-order valence-corrected chi connectivity index (χ4v) is 2.27. The van der Waals surface area contributed by atoms with Crippen molar-refractivity contribution in [2.24, 2.45) is 0 Å². The van der Waals surface area contributed by atoms with Crippen molar-refractivity contribution >= 4 is 18.0 Å². The number of methoxy groups -OCH3 is 1. The molecule has 0 spiro atoms. The highest BCUT2D eigenvalue weighted by atomic mass is 16.5. The molecule has 7 heteroatoms. The van der Waals surface area contributed by atoms with Crippen LogP contribution >= 0.6 is 0 Å². The molecular formula is C15H22N4O3. The largest absolute Gasteiger partial charge is 0.385 e. The molecule has 2 heterocycles. The minimum atomic E-state index is -0.0866. The molecule has 1 N–H and O–H groups in total. The lowest BCUT2D eigenvalue weighted by molar-refractivity contribution is -0.119. The van der Waals surface area contributed by atoms with Crippen LogP contribution in [-0.4, -0.2) is 73.5 Å². The van der Waals surface area contributed by atoms with Gasteiger partial charge < -0.3 is 19.9 Å². The number of anilines is 1. The molecule has 1 saturated heterocycles. The van der Waals surface area contributed by atoms with E-state index >= 15 is 0 Å². The Kier molecular flexibility index (Phi) is 6.14. The maximum atomic E-state index is 12.3. The van der Waals surface area contributed by atoms with Crippen molar-refractivity contribution in [3.05, 3.63) is 24.0 Å². The molecule has 1 aliphatic rings. The van der Waals surface area contributed by atoms with E-state index in [0.29, 0.717) is 38.5 Å². The number of rotatable bonds is 7. The van der Waals surface area contributed by atoms with Crippen LogP contribution in [0.25, 0.3) is 0 Å². The van der Waals surface area contributed by atoms with Gasteiger partial charge in [-0.25, -0.2) is 4.98 Å². The number of hydrogen-bond acceptors (Lipinski definition) is 5. The number of ether oxygens (including phenoxy) is 1. The lowest BCUT2D eigenvalue weighted by Gasteiger charge is -2.32. The second kappa shape index (κ2) is 8.33. The maximum absolute atomic E-state index is 12.3. The molecule has 1 aromatic rings. The molecule has 1 aliphatic heterocycles. The highest BCUT2D eigenvalue weighted by molar-refractivity contribution is 5.92. The Bertz CT molecular complexity index is 484. The van der Waals surface area contributed by atoms with Gasteiger partial charge in [0.1, 0.15) is 5.69 Å². The van der Waals surface area contributed by atoms with Crippen LogP contribution in [0.5, 0.6) is 0 Å². The molecule has 7 nitrogen and oxygen atoms in total. The van der Waals surface area contributed by atoms with Gasteiger partial charge in [-0.1, -0.05) is 0 Å². The van der Waals surface area contributed by atoms with Gasteiger partial charge in [0, 0.05) is 46.4 Å². The van der Waals surface area contributed by atoms with Crippen LogP contribution < -0.4 is 5.32 Å². The van der Waals surface area contributed by atoms with Crippen molar-refractivity contribution in [1.29, 1.82) is 0 Å². The van der Waals surface area contributed by atoms with Crippen LogP contribution in [0.4, 0.5) is 5.69 Å². The zero-order valence-corrected chi connectivity index (χ0v) is 12.8. The second-order valence-corrected chi connectivity index (χ2v) is 5.14. The number of amides is 2. The predicted molar refractivity (Wildman–Crippen MR) is 82.8 cm³/mol. The molecule has 120 valence electrons. The van der Waals surface area contributed by atoms with Gasteiger partial charge in [0.05, 0.1) is 11.9 Å². The van der Waals surface area contributed by atoms with Crippen molar-refractivity contribution in [2.45, 2.75) is 6.42 Å². The monoisotopic (exact) mass is 306 g/mol. The second-order valence-electron chi connectivity index (χ2n) is 5.14. The van der Waals surface area contributed by atoms with E-state index in [1.54, 1.807) is 29.2 Å². The minimum absolute atomic E-state index is 0.0866. The molecule has 22 heavy (non-hydrogen) atoms. The fraction of sp³-hybridized carbons (Fsp3) is 0.533. The quantitative estimate of drug-likeness (QED) is 0.584. The summed E-state index contributed by atoms with van der Waals surface area (Å²) in [6.45, 7) is 3.77. The van der Waals surface area contributed by atoms with Gasteiger partial charge in [-0.3, -0.25) is 9.59 Å². The first kappa shape index (κ1) is 16.2. The molecule has 0 aromatic carbocycles. The van der Waals surface area contributed by atoms with E-state index in [2.05, 4.69) is 10.3 Å². The van der Waals surface area contributed by atoms with Gasteiger partial charge in [-0.05, 0) is 18.6 Å². The third kappa shape index (κ3) is 4.42. The van der Waals surface area contributed by atoms with E-state index in [-0.39, 0.29) is 5.91 Å². The van der Waals surface area contributed by atoms with Crippen molar-refractivity contribution in [1.82, 2.24) is 14.8 Å². The molecule has 0 unspecified atom stereocenters. The minimum Gasteiger partial charge on any atom is -0.385 e. The van der Waals surface area contributed by atoms with Crippen LogP contribution in [0.15, 0.2) is 18.3 Å². The van der Waals surface area contributed by atoms with Gasteiger partial charge in [0.15, 0.2) is 0 Å². The SMILES string of the molecule is COCCCNc1ccc(C(=O)N2CCN(C=O)CC2)nc1. The molecule has 0 saturated carbocycles. The average molecular weight is 306 g/mol. The van der Waals surface area contributed by atoms with E-state index in [1.165, 1.54) is 0 Å². The first-order valence-corrected chi connectivity index (χ1v) is 7.42. The molecule has 0 atom stereocenters. The Balaban J connectivity index is 1.84. The Labute approximate surface area is 130 Å². The third-order valence-corrected chi connectivity index (χ3v) is 3.59. The molecule has 2 rings (SSSR count). The van der Waals surface area contributed by atoms with Crippen LogP contribution in [0.2, 0.25) is 0 Å². The summed E-state index contributed by atoms with van der Waals surface area (Å²) >= 11 is 0. The molecule has 0 radical (unpaired) electrons. The maximum Gasteiger partial charge on any atom is 0.272 e. The highest BCUT2D eigenvalue weighted by Crippen LogP contribution is 2.10. The van der Waals surface area contributed by atoms with E-state index in [9.17, 15) is 9.59 Å². The standard InChI is InChI=1S/C15H22N4O3/c1-22-10-2-5-16-13-3-4-14(17-11-13)15(21)19-8-6-18(12-20)7-9-19/h3-4,11-12,16H,2,5-10H2,1H3. The van der Waals surface area contributed by atoms with Gasteiger partial charge in [0.2, 0.25) is 6.41 Å². The molecule has 0 bridgehead atoms. The normalized spacial score (nSPS) is 14.8. The third-order valence-electron chi connectivity index (χ3n) is 3.59. The van der Waals surface area contributed by atoms with Crippen LogP contribution in [0.1, 0.15) is 16.9 Å². The topological polar surface area (TPSA) is 74.8 Å². The van der Waals surface area contributed by atoms with E-state index in [4.69, 9.17) is 4.74 Å². The molecule has 1 aromatic heterocycles. The lowest BCUT2D eigenvalue weighted by atomic mass is 10.2. The highest BCUT2D eigenvalue weighted by Gasteiger charge is 2.21. The zero-order valence-electron chi connectivity index (χ0n) is 12.8. The first-order valence-electron chi connectivity index (χ1n) is 7.42. The Morgan fingerprint density at radius 3 is 2.73 bits per heavy atom. The Morgan fingerprint density at radius 2 is 2.14 bits per heavy atom. The number of carbonyl (C=O) groups excluding carboxylic acids is 2. The van der Waals surface area contributed by atoms with Gasteiger partial charge in [-0.15, -0.1) is 0 Å². The molecule has 1 fully saturated rings. The molecular weight excluding hydrogens is 284 g/mol. The van der Waals surface area contributed by atoms with Crippen LogP contribution in [-0.2, 0) is 9.53 Å². The summed E-state index contributed by atoms with van der Waals surface area (Å²) < 4.78 is 4.98. The van der Waals surface area contributed by atoms with Crippen molar-refractivity contribution < 1.29 is 14.3 Å². The number of nitrogens with zero attached hydrogens (tertiary/aromatic N) is 3. The summed E-state index contributed by atoms with van der Waals surface area (Å²) in [5.74, 6) is -0.0866. The number of carbonyl (C=O) groups is 2. The van der Waals surface area contributed by atoms with E-state index in [0.717, 1.165) is 25.1 Å². The van der Waals surface area contributed by atoms with E-state index in [1.807, 2.05) is 6.07 Å². The molecule has 0 aliphatic carbocycles. The smallest absolute Gasteiger partial charge is 0.272 e. The first-order chi connectivity index (χ1) is 10.7. The zero-order chi connectivity index (χ0) is 15.8. The summed E-state index contributed by atoms with van der Waals surface area (Å²) in [5.41, 5.74) is 1.32. The fourth-order valence-electron chi connectivity index (χ4n) is 2.27. The predicted octanol–water partition coefficient (Wildman–Crippen LogP) is 0.444. The summed E-state index contributed by atoms with van der Waals surface area (Å²) in [4.78, 5) is 30.6. The van der Waals surface area contributed by atoms with Crippen LogP contribution in [0, 0.1) is 0 Å². The number of nitrogens with one attached hydrogen (secondary N) is 1. The number of piperazine rings is 1. The van der Waals surface area contributed by atoms with Gasteiger partial charge in [0.25, 0.3) is 5.91 Å². The van der Waals surface area contributed by atoms with Crippen molar-refractivity contribution in [3.8, 4) is 0 Å². The number of hydrogen-bond donors (Lipinski definition) is 1. The van der Waals surface area contributed by atoms with Gasteiger partial charge in [-0.2, -0.15) is 0 Å². The van der Waals surface area contributed by atoms with E-state index < -0.39 is 0 Å². The Hall–Kier alpha value is -2.15. The van der Waals surface area contributed by atoms with Crippen molar-refractivity contribution in [2.75, 3.05) is 51.8 Å². The van der Waals surface area contributed by atoms with Crippen LogP contribution in [0.3, 0.4) is 0 Å². The summed E-state index contributed by atoms with van der Waals surface area (Å²) in [5, 5.41) is 3.23. The lowest BCUT2D eigenvalue weighted by Crippen LogP contribution is -2.48. The van der Waals surface area contributed by atoms with Gasteiger partial charge >= 0.3 is 0 Å².